The van der Waals surface area contributed by atoms with E-state index >= 15 is 0 Å². The second-order valence-corrected chi connectivity index (χ2v) is 11.2. The van der Waals surface area contributed by atoms with Gasteiger partial charge in [-0.25, -0.2) is 13.2 Å². The number of hydrogen-bond acceptors (Lipinski definition) is 6. The van der Waals surface area contributed by atoms with Crippen LogP contribution >= 0.6 is 0 Å². The molecule has 34 heavy (non-hydrogen) atoms. The molecule has 0 radical (unpaired) electrons. The number of sulfonamides is 1. The Labute approximate surface area is 200 Å². The van der Waals surface area contributed by atoms with Gasteiger partial charge in [0, 0.05) is 32.0 Å². The standard InChI is InChI=1S/C23H33N3O7S/c1-14(2)20(24-34(32,33)18-6-4-15(3)5-7-18)22(29)25-10-8-16(9-11-25)21(28)26-13-17(27)12-19(26)23(30)31/h4-7,14,16-17,19-20,24,27H,8-13H2,1-3H3,(H,30,31). The molecule has 0 aliphatic carbocycles. The summed E-state index contributed by atoms with van der Waals surface area (Å²) in [5, 5.41) is 19.2. The van der Waals surface area contributed by atoms with Gasteiger partial charge in [-0.15, -0.1) is 0 Å². The molecule has 188 valence electrons. The van der Waals surface area contributed by atoms with Gasteiger partial charge in [-0.2, -0.15) is 4.72 Å². The average Bonchev–Trinajstić information content (AvgIpc) is 3.19. The maximum absolute atomic E-state index is 13.2. The molecule has 0 aromatic heterocycles. The van der Waals surface area contributed by atoms with Crippen LogP contribution in [0.3, 0.4) is 0 Å². The molecular formula is C23H33N3O7S. The monoisotopic (exact) mass is 495 g/mol. The first kappa shape index (κ1) is 26.1. The van der Waals surface area contributed by atoms with Crippen molar-refractivity contribution in [2.45, 2.75) is 63.1 Å². The topological polar surface area (TPSA) is 144 Å². The zero-order valence-corrected chi connectivity index (χ0v) is 20.5. The summed E-state index contributed by atoms with van der Waals surface area (Å²) in [7, 11) is -3.90. The Morgan fingerprint density at radius 3 is 2.21 bits per heavy atom. The summed E-state index contributed by atoms with van der Waals surface area (Å²) >= 11 is 0. The second-order valence-electron chi connectivity index (χ2n) is 9.49. The van der Waals surface area contributed by atoms with Gasteiger partial charge in [-0.3, -0.25) is 9.59 Å². The third kappa shape index (κ3) is 5.76. The minimum absolute atomic E-state index is 0.00877. The molecule has 2 fully saturated rings. The van der Waals surface area contributed by atoms with E-state index in [0.717, 1.165) is 5.56 Å². The van der Waals surface area contributed by atoms with Crippen LogP contribution in [0.5, 0.6) is 0 Å². The molecule has 1 aromatic carbocycles. The van der Waals surface area contributed by atoms with Crippen molar-refractivity contribution >= 4 is 27.8 Å². The number of carboxylic acids is 1. The second kappa shape index (κ2) is 10.4. The van der Waals surface area contributed by atoms with Gasteiger partial charge in [0.15, 0.2) is 0 Å². The van der Waals surface area contributed by atoms with E-state index in [4.69, 9.17) is 0 Å². The number of amides is 2. The van der Waals surface area contributed by atoms with E-state index in [1.807, 2.05) is 6.92 Å². The van der Waals surface area contributed by atoms with Crippen molar-refractivity contribution in [1.82, 2.24) is 14.5 Å². The average molecular weight is 496 g/mol. The van der Waals surface area contributed by atoms with E-state index in [1.54, 1.807) is 30.9 Å². The molecular weight excluding hydrogens is 462 g/mol. The lowest BCUT2D eigenvalue weighted by molar-refractivity contribution is -0.151. The van der Waals surface area contributed by atoms with Crippen LogP contribution in [-0.2, 0) is 24.4 Å². The summed E-state index contributed by atoms with van der Waals surface area (Å²) in [6, 6.07) is 4.38. The number of carboxylic acid groups (broad SMARTS) is 1. The summed E-state index contributed by atoms with van der Waals surface area (Å²) in [6.45, 7) is 5.90. The Bertz CT molecular complexity index is 1020. The summed E-state index contributed by atoms with van der Waals surface area (Å²) in [4.78, 5) is 40.4. The van der Waals surface area contributed by atoms with E-state index in [2.05, 4.69) is 4.72 Å². The van der Waals surface area contributed by atoms with Gasteiger partial charge in [0.05, 0.1) is 11.0 Å². The van der Waals surface area contributed by atoms with Crippen LogP contribution in [-0.4, -0.2) is 84.0 Å². The zero-order chi connectivity index (χ0) is 25.2. The van der Waals surface area contributed by atoms with Crippen molar-refractivity contribution in [3.8, 4) is 0 Å². The predicted molar refractivity (Wildman–Crippen MR) is 123 cm³/mol. The quantitative estimate of drug-likeness (QED) is 0.502. The van der Waals surface area contributed by atoms with Crippen LogP contribution in [0.25, 0.3) is 0 Å². The minimum Gasteiger partial charge on any atom is -0.480 e. The highest BCUT2D eigenvalue weighted by atomic mass is 32.2. The minimum atomic E-state index is -3.90. The third-order valence-corrected chi connectivity index (χ3v) is 8.01. The van der Waals surface area contributed by atoms with Crippen LogP contribution in [0.2, 0.25) is 0 Å². The van der Waals surface area contributed by atoms with Gasteiger partial charge < -0.3 is 20.0 Å². The van der Waals surface area contributed by atoms with Crippen molar-refractivity contribution in [1.29, 1.82) is 0 Å². The van der Waals surface area contributed by atoms with Crippen molar-refractivity contribution in [3.63, 3.8) is 0 Å². The van der Waals surface area contributed by atoms with Crippen LogP contribution in [0.4, 0.5) is 0 Å². The molecule has 0 saturated carbocycles. The number of benzene rings is 1. The van der Waals surface area contributed by atoms with Crippen LogP contribution in [0.1, 0.15) is 38.7 Å². The fourth-order valence-corrected chi connectivity index (χ4v) is 5.83. The lowest BCUT2D eigenvalue weighted by Crippen LogP contribution is -2.54. The SMILES string of the molecule is Cc1ccc(S(=O)(=O)NC(C(=O)N2CCC(C(=O)N3CC(O)CC3C(=O)O)CC2)C(C)C)cc1. The molecule has 0 bridgehead atoms. The van der Waals surface area contributed by atoms with Gasteiger partial charge in [0.1, 0.15) is 12.1 Å². The fourth-order valence-electron chi connectivity index (χ4n) is 4.49. The molecule has 2 heterocycles. The smallest absolute Gasteiger partial charge is 0.326 e. The highest BCUT2D eigenvalue weighted by Crippen LogP contribution is 2.26. The number of hydrogen-bond donors (Lipinski definition) is 3. The summed E-state index contributed by atoms with van der Waals surface area (Å²) < 4.78 is 28.2. The Hall–Kier alpha value is -2.50. The summed E-state index contributed by atoms with van der Waals surface area (Å²) in [5.74, 6) is -2.56. The Balaban J connectivity index is 1.64. The maximum atomic E-state index is 13.2. The van der Waals surface area contributed by atoms with Gasteiger partial charge in [-0.05, 0) is 37.8 Å². The molecule has 2 amide bonds. The van der Waals surface area contributed by atoms with Crippen LogP contribution in [0, 0.1) is 18.8 Å². The summed E-state index contributed by atoms with van der Waals surface area (Å²) in [5.41, 5.74) is 0.922. The van der Waals surface area contributed by atoms with Crippen molar-refractivity contribution in [2.75, 3.05) is 19.6 Å². The van der Waals surface area contributed by atoms with Crippen molar-refractivity contribution < 1.29 is 33.0 Å². The van der Waals surface area contributed by atoms with E-state index in [9.17, 15) is 33.0 Å². The summed E-state index contributed by atoms with van der Waals surface area (Å²) in [6.07, 6.45) is -0.159. The number of carbonyl (C=O) groups excluding carboxylic acids is 2. The maximum Gasteiger partial charge on any atom is 0.326 e. The number of nitrogens with one attached hydrogen (secondary N) is 1. The number of likely N-dealkylation sites (tertiary alicyclic amines) is 2. The Morgan fingerprint density at radius 1 is 1.09 bits per heavy atom. The Kier molecular flexibility index (Phi) is 7.99. The Morgan fingerprint density at radius 2 is 1.68 bits per heavy atom. The zero-order valence-electron chi connectivity index (χ0n) is 19.7. The van der Waals surface area contributed by atoms with Crippen LogP contribution < -0.4 is 4.72 Å². The third-order valence-electron chi connectivity index (χ3n) is 6.55. The van der Waals surface area contributed by atoms with Crippen molar-refractivity contribution in [3.05, 3.63) is 29.8 Å². The molecule has 2 aliphatic rings. The number of rotatable bonds is 7. The normalized spacial score (nSPS) is 22.7. The number of aryl methyl sites for hydroxylation is 1. The molecule has 3 unspecified atom stereocenters. The van der Waals surface area contributed by atoms with Gasteiger partial charge >= 0.3 is 5.97 Å². The van der Waals surface area contributed by atoms with E-state index in [-0.39, 0.29) is 48.7 Å². The number of aliphatic hydroxyl groups is 1. The van der Waals surface area contributed by atoms with E-state index < -0.39 is 40.1 Å². The van der Waals surface area contributed by atoms with E-state index in [1.165, 1.54) is 17.0 Å². The number of piperidine rings is 1. The van der Waals surface area contributed by atoms with Crippen LogP contribution in [0.15, 0.2) is 29.2 Å². The van der Waals surface area contributed by atoms with Gasteiger partial charge in [-0.1, -0.05) is 31.5 Å². The molecule has 3 rings (SSSR count). The highest BCUT2D eigenvalue weighted by molar-refractivity contribution is 7.89. The highest BCUT2D eigenvalue weighted by Gasteiger charge is 2.42. The number of β-amino-alcohol motifs (C(OH)–C–C–N with tert-alkyl or cyclic N) is 1. The molecule has 2 saturated heterocycles. The van der Waals surface area contributed by atoms with Gasteiger partial charge in [0.25, 0.3) is 0 Å². The largest absolute Gasteiger partial charge is 0.480 e. The van der Waals surface area contributed by atoms with Gasteiger partial charge in [0.2, 0.25) is 21.8 Å². The first-order valence-electron chi connectivity index (χ1n) is 11.5. The predicted octanol–water partition coefficient (Wildman–Crippen LogP) is 0.583. The fraction of sp³-hybridized carbons (Fsp3) is 0.609. The number of aliphatic carboxylic acids is 1. The van der Waals surface area contributed by atoms with E-state index in [0.29, 0.717) is 12.8 Å². The molecule has 10 nitrogen and oxygen atoms in total. The molecule has 1 aromatic rings. The molecule has 11 heteroatoms. The number of carbonyl (C=O) groups is 3. The molecule has 0 spiro atoms. The lowest BCUT2D eigenvalue weighted by atomic mass is 9.93. The first-order valence-corrected chi connectivity index (χ1v) is 13.0. The first-order chi connectivity index (χ1) is 15.9. The lowest BCUT2D eigenvalue weighted by Gasteiger charge is -2.36. The van der Waals surface area contributed by atoms with Crippen molar-refractivity contribution in [2.24, 2.45) is 11.8 Å². The number of nitrogens with zero attached hydrogens (tertiary/aromatic N) is 2. The molecule has 3 N–H and O–H groups in total. The number of aliphatic hydroxyl groups excluding tert-OH is 1. The molecule has 3 atom stereocenters. The molecule has 2 aliphatic heterocycles.